The van der Waals surface area contributed by atoms with Crippen LogP contribution in [0, 0.1) is 6.92 Å². The Labute approximate surface area is 125 Å². The van der Waals surface area contributed by atoms with Gasteiger partial charge >= 0.3 is 0 Å². The highest BCUT2D eigenvalue weighted by molar-refractivity contribution is 7.14. The van der Waals surface area contributed by atoms with Gasteiger partial charge in [0, 0.05) is 17.0 Å². The quantitative estimate of drug-likeness (QED) is 0.901. The fourth-order valence-electron chi connectivity index (χ4n) is 2.50. The molecule has 1 aliphatic heterocycles. The van der Waals surface area contributed by atoms with E-state index in [1.807, 2.05) is 6.07 Å². The number of carbonyl (C=O) groups excluding carboxylic acids is 1. The Morgan fingerprint density at radius 1 is 1.58 bits per heavy atom. The van der Waals surface area contributed by atoms with Gasteiger partial charge in [0.15, 0.2) is 0 Å². The lowest BCUT2D eigenvalue weighted by atomic mass is 10.0. The average Bonchev–Trinajstić information content (AvgIpc) is 2.70. The number of nitrogens with one attached hydrogen (secondary N) is 2. The number of aryl methyl sites for hydroxylation is 2. The average molecular weight is 303 g/mol. The summed E-state index contributed by atoms with van der Waals surface area (Å²) in [5.74, 6) is 0.0990. The first kappa shape index (κ1) is 16.5. The third-order valence-electron chi connectivity index (χ3n) is 3.52. The third-order valence-corrected chi connectivity index (χ3v) is 4.90. The van der Waals surface area contributed by atoms with Crippen LogP contribution >= 0.6 is 23.7 Å². The number of hydrogen-bond acceptors (Lipinski definition) is 3. The van der Waals surface area contributed by atoms with E-state index in [-0.39, 0.29) is 18.3 Å². The zero-order valence-electron chi connectivity index (χ0n) is 11.8. The normalized spacial score (nSPS) is 22.7. The number of rotatable bonds is 3. The van der Waals surface area contributed by atoms with Crippen LogP contribution in [0.25, 0.3) is 0 Å². The number of amides is 1. The topological polar surface area (TPSA) is 41.1 Å². The molecule has 2 heterocycles. The van der Waals surface area contributed by atoms with Crippen LogP contribution in [0.15, 0.2) is 6.07 Å². The molecule has 1 aromatic rings. The molecule has 2 rings (SSSR count). The molecular formula is C14H23ClN2OS. The summed E-state index contributed by atoms with van der Waals surface area (Å²) in [7, 11) is 0. The van der Waals surface area contributed by atoms with Gasteiger partial charge in [0.25, 0.3) is 5.91 Å². The Hall–Kier alpha value is -0.580. The number of thiophene rings is 1. The van der Waals surface area contributed by atoms with E-state index in [2.05, 4.69) is 31.4 Å². The van der Waals surface area contributed by atoms with E-state index < -0.39 is 0 Å². The summed E-state index contributed by atoms with van der Waals surface area (Å²) in [6.45, 7) is 7.38. The summed E-state index contributed by atoms with van der Waals surface area (Å²) in [6, 6.07) is 2.84. The van der Waals surface area contributed by atoms with E-state index >= 15 is 0 Å². The second-order valence-corrected chi connectivity index (χ2v) is 6.26. The second-order valence-electron chi connectivity index (χ2n) is 5.12. The maximum atomic E-state index is 12.2. The molecule has 0 spiro atoms. The molecule has 108 valence electrons. The van der Waals surface area contributed by atoms with Gasteiger partial charge in [0.1, 0.15) is 0 Å². The van der Waals surface area contributed by atoms with Crippen molar-refractivity contribution in [1.82, 2.24) is 10.6 Å². The number of hydrogen-bond donors (Lipinski definition) is 2. The van der Waals surface area contributed by atoms with E-state index in [0.717, 1.165) is 30.7 Å². The molecule has 0 bridgehead atoms. The molecule has 1 aliphatic rings. The van der Waals surface area contributed by atoms with E-state index in [4.69, 9.17) is 0 Å². The first-order valence-electron chi connectivity index (χ1n) is 6.73. The van der Waals surface area contributed by atoms with Crippen LogP contribution in [0.1, 0.15) is 46.8 Å². The van der Waals surface area contributed by atoms with Crippen molar-refractivity contribution < 1.29 is 4.79 Å². The fourth-order valence-corrected chi connectivity index (χ4v) is 3.52. The first-order valence-corrected chi connectivity index (χ1v) is 7.55. The Bertz CT molecular complexity index is 433. The van der Waals surface area contributed by atoms with E-state index in [0.29, 0.717) is 12.1 Å². The molecular weight excluding hydrogens is 280 g/mol. The maximum absolute atomic E-state index is 12.2. The van der Waals surface area contributed by atoms with Crippen LogP contribution in [-0.4, -0.2) is 24.5 Å². The van der Waals surface area contributed by atoms with Crippen molar-refractivity contribution in [3.05, 3.63) is 21.4 Å². The first-order chi connectivity index (χ1) is 8.60. The van der Waals surface area contributed by atoms with Gasteiger partial charge in [0.05, 0.1) is 4.88 Å². The van der Waals surface area contributed by atoms with Crippen LogP contribution < -0.4 is 10.6 Å². The second kappa shape index (κ2) is 7.27. The molecule has 2 unspecified atom stereocenters. The molecule has 1 fully saturated rings. The van der Waals surface area contributed by atoms with Gasteiger partial charge in [-0.1, -0.05) is 6.92 Å². The van der Waals surface area contributed by atoms with Gasteiger partial charge in [-0.15, -0.1) is 23.7 Å². The van der Waals surface area contributed by atoms with Gasteiger partial charge in [-0.05, 0) is 51.3 Å². The lowest BCUT2D eigenvalue weighted by Gasteiger charge is -2.28. The maximum Gasteiger partial charge on any atom is 0.261 e. The van der Waals surface area contributed by atoms with Crippen molar-refractivity contribution in [1.29, 1.82) is 0 Å². The molecule has 5 heteroatoms. The summed E-state index contributed by atoms with van der Waals surface area (Å²) in [6.07, 6.45) is 3.06. The molecule has 1 aromatic heterocycles. The molecule has 19 heavy (non-hydrogen) atoms. The highest BCUT2D eigenvalue weighted by Gasteiger charge is 2.21. The molecule has 1 saturated heterocycles. The molecule has 2 N–H and O–H groups in total. The predicted octanol–water partition coefficient (Wildman–Crippen LogP) is 2.91. The van der Waals surface area contributed by atoms with Gasteiger partial charge < -0.3 is 10.6 Å². The SMILES string of the molecule is CCc1sc(C(=O)NC2CCNC(C)C2)cc1C.Cl. The van der Waals surface area contributed by atoms with E-state index in [1.54, 1.807) is 11.3 Å². The minimum atomic E-state index is 0. The zero-order valence-corrected chi connectivity index (χ0v) is 13.4. The highest BCUT2D eigenvalue weighted by atomic mass is 35.5. The summed E-state index contributed by atoms with van der Waals surface area (Å²) >= 11 is 1.63. The van der Waals surface area contributed by atoms with Crippen LogP contribution in [0.5, 0.6) is 0 Å². The third kappa shape index (κ3) is 4.20. The summed E-state index contributed by atoms with van der Waals surface area (Å²) in [5, 5.41) is 6.56. The predicted molar refractivity (Wildman–Crippen MR) is 83.6 cm³/mol. The minimum Gasteiger partial charge on any atom is -0.349 e. The Balaban J connectivity index is 0.00000180. The number of halogens is 1. The van der Waals surface area contributed by atoms with Crippen LogP contribution in [-0.2, 0) is 6.42 Å². The molecule has 0 aromatic carbocycles. The number of piperidine rings is 1. The van der Waals surface area contributed by atoms with Gasteiger partial charge in [-0.2, -0.15) is 0 Å². The van der Waals surface area contributed by atoms with Crippen molar-refractivity contribution in [2.45, 2.75) is 52.1 Å². The molecule has 0 aliphatic carbocycles. The van der Waals surface area contributed by atoms with Crippen molar-refractivity contribution in [2.75, 3.05) is 6.54 Å². The Kier molecular flexibility index (Phi) is 6.30. The standard InChI is InChI=1S/C14H22N2OS.ClH/c1-4-12-9(2)7-13(18-12)14(17)16-11-5-6-15-10(3)8-11;/h7,10-11,15H,4-6,8H2,1-3H3,(H,16,17);1H. The summed E-state index contributed by atoms with van der Waals surface area (Å²) < 4.78 is 0. The van der Waals surface area contributed by atoms with Gasteiger partial charge in [0.2, 0.25) is 0 Å². The van der Waals surface area contributed by atoms with Crippen molar-refractivity contribution in [3.8, 4) is 0 Å². The van der Waals surface area contributed by atoms with Crippen molar-refractivity contribution >= 4 is 29.7 Å². The van der Waals surface area contributed by atoms with E-state index in [9.17, 15) is 4.79 Å². The zero-order chi connectivity index (χ0) is 13.1. The monoisotopic (exact) mass is 302 g/mol. The van der Waals surface area contributed by atoms with Crippen LogP contribution in [0.3, 0.4) is 0 Å². The van der Waals surface area contributed by atoms with E-state index in [1.165, 1.54) is 10.4 Å². The minimum absolute atomic E-state index is 0. The molecule has 3 nitrogen and oxygen atoms in total. The van der Waals surface area contributed by atoms with Crippen molar-refractivity contribution in [2.24, 2.45) is 0 Å². The largest absolute Gasteiger partial charge is 0.349 e. The van der Waals surface area contributed by atoms with Crippen LogP contribution in [0.4, 0.5) is 0 Å². The lowest BCUT2D eigenvalue weighted by Crippen LogP contribution is -2.46. The van der Waals surface area contributed by atoms with Crippen LogP contribution in [0.2, 0.25) is 0 Å². The highest BCUT2D eigenvalue weighted by Crippen LogP contribution is 2.22. The Morgan fingerprint density at radius 3 is 2.89 bits per heavy atom. The summed E-state index contributed by atoms with van der Waals surface area (Å²) in [5.41, 5.74) is 1.24. The summed E-state index contributed by atoms with van der Waals surface area (Å²) in [4.78, 5) is 14.4. The molecule has 0 saturated carbocycles. The smallest absolute Gasteiger partial charge is 0.261 e. The fraction of sp³-hybridized carbons (Fsp3) is 0.643. The molecule has 1 amide bonds. The lowest BCUT2D eigenvalue weighted by molar-refractivity contribution is 0.0930. The molecule has 0 radical (unpaired) electrons. The number of carbonyl (C=O) groups is 1. The Morgan fingerprint density at radius 2 is 2.32 bits per heavy atom. The van der Waals surface area contributed by atoms with Gasteiger partial charge in [-0.3, -0.25) is 4.79 Å². The van der Waals surface area contributed by atoms with Gasteiger partial charge in [-0.25, -0.2) is 0 Å². The molecule has 2 atom stereocenters. The van der Waals surface area contributed by atoms with Crippen molar-refractivity contribution in [3.63, 3.8) is 0 Å².